The predicted molar refractivity (Wildman–Crippen MR) is 127 cm³/mol. The predicted octanol–water partition coefficient (Wildman–Crippen LogP) is 3.69. The highest BCUT2D eigenvalue weighted by atomic mass is 16.5. The average molecular weight is 442 g/mol. The van der Waals surface area contributed by atoms with Crippen molar-refractivity contribution < 1.29 is 14.3 Å². The highest BCUT2D eigenvalue weighted by Crippen LogP contribution is 2.17. The molecule has 0 bridgehead atoms. The van der Waals surface area contributed by atoms with Crippen molar-refractivity contribution in [2.45, 2.75) is 13.5 Å². The number of carbonyl (C=O) groups is 2. The van der Waals surface area contributed by atoms with E-state index >= 15 is 0 Å². The fourth-order valence-corrected chi connectivity index (χ4v) is 3.28. The van der Waals surface area contributed by atoms with Gasteiger partial charge in [-0.2, -0.15) is 0 Å². The van der Waals surface area contributed by atoms with Gasteiger partial charge >= 0.3 is 0 Å². The highest BCUT2D eigenvalue weighted by Gasteiger charge is 2.10. The lowest BCUT2D eigenvalue weighted by molar-refractivity contribution is -0.116. The smallest absolute Gasteiger partial charge is 0.261 e. The highest BCUT2D eigenvalue weighted by molar-refractivity contribution is 6.04. The summed E-state index contributed by atoms with van der Waals surface area (Å²) in [6.45, 7) is 2.31. The number of rotatable bonds is 7. The van der Waals surface area contributed by atoms with Crippen LogP contribution in [0.3, 0.4) is 0 Å². The number of carbonyl (C=O) groups excluding carboxylic acids is 2. The van der Waals surface area contributed by atoms with Gasteiger partial charge in [-0.15, -0.1) is 0 Å². The molecule has 0 radical (unpaired) electrons. The van der Waals surface area contributed by atoms with Crippen LogP contribution in [-0.2, 0) is 11.3 Å². The fraction of sp³-hybridized carbons (Fsp3) is 0.120. The Labute approximate surface area is 189 Å². The van der Waals surface area contributed by atoms with Crippen LogP contribution in [0, 0.1) is 0 Å². The monoisotopic (exact) mass is 442 g/mol. The second kappa shape index (κ2) is 9.78. The first-order valence-corrected chi connectivity index (χ1v) is 10.4. The normalized spacial score (nSPS) is 10.6. The maximum atomic E-state index is 12.5. The van der Waals surface area contributed by atoms with Gasteiger partial charge in [0.2, 0.25) is 5.91 Å². The molecule has 2 amide bonds. The molecule has 4 aromatic rings. The van der Waals surface area contributed by atoms with Crippen LogP contribution >= 0.6 is 0 Å². The van der Waals surface area contributed by atoms with Crippen LogP contribution in [0.5, 0.6) is 5.75 Å². The molecule has 8 nitrogen and oxygen atoms in total. The molecule has 0 atom stereocenters. The van der Waals surface area contributed by atoms with Crippen molar-refractivity contribution in [1.82, 2.24) is 9.55 Å². The molecule has 0 spiro atoms. The molecule has 2 N–H and O–H groups in total. The molecule has 166 valence electrons. The number of para-hydroxylation sites is 1. The summed E-state index contributed by atoms with van der Waals surface area (Å²) in [5.74, 6) is 0.0870. The van der Waals surface area contributed by atoms with Crippen molar-refractivity contribution >= 4 is 34.1 Å². The molecule has 8 heteroatoms. The van der Waals surface area contributed by atoms with Crippen LogP contribution in [0.2, 0.25) is 0 Å². The minimum atomic E-state index is -0.374. The first kappa shape index (κ1) is 21.8. The molecule has 0 saturated carbocycles. The van der Waals surface area contributed by atoms with E-state index < -0.39 is 0 Å². The molecule has 0 aliphatic carbocycles. The van der Waals surface area contributed by atoms with Gasteiger partial charge in [-0.1, -0.05) is 12.1 Å². The van der Waals surface area contributed by atoms with Gasteiger partial charge in [0, 0.05) is 16.9 Å². The number of aromatic nitrogens is 2. The Balaban J connectivity index is 1.37. The number of fused-ring (bicyclic) bond motifs is 1. The lowest BCUT2D eigenvalue weighted by Crippen LogP contribution is -2.27. The largest absolute Gasteiger partial charge is 0.494 e. The van der Waals surface area contributed by atoms with E-state index in [-0.39, 0.29) is 23.9 Å². The third-order valence-electron chi connectivity index (χ3n) is 4.90. The zero-order chi connectivity index (χ0) is 23.2. The van der Waals surface area contributed by atoms with Gasteiger partial charge in [0.15, 0.2) is 0 Å². The summed E-state index contributed by atoms with van der Waals surface area (Å²) in [7, 11) is 0. The van der Waals surface area contributed by atoms with Gasteiger partial charge < -0.3 is 15.4 Å². The Bertz CT molecular complexity index is 1350. The zero-order valence-corrected chi connectivity index (χ0v) is 17.9. The van der Waals surface area contributed by atoms with Crippen molar-refractivity contribution in [2.75, 3.05) is 17.2 Å². The van der Waals surface area contributed by atoms with Gasteiger partial charge in [-0.05, 0) is 67.6 Å². The maximum absolute atomic E-state index is 12.5. The third-order valence-corrected chi connectivity index (χ3v) is 4.90. The minimum Gasteiger partial charge on any atom is -0.494 e. The van der Waals surface area contributed by atoms with E-state index in [0.717, 1.165) is 5.75 Å². The Morgan fingerprint density at radius 3 is 2.30 bits per heavy atom. The lowest BCUT2D eigenvalue weighted by Gasteiger charge is -2.09. The Morgan fingerprint density at radius 1 is 0.909 bits per heavy atom. The first-order chi connectivity index (χ1) is 16.0. The maximum Gasteiger partial charge on any atom is 0.261 e. The third kappa shape index (κ3) is 5.24. The van der Waals surface area contributed by atoms with Gasteiger partial charge in [0.05, 0.1) is 23.8 Å². The number of anilines is 2. The molecular weight excluding hydrogens is 420 g/mol. The van der Waals surface area contributed by atoms with E-state index in [2.05, 4.69) is 15.6 Å². The van der Waals surface area contributed by atoms with Crippen LogP contribution < -0.4 is 20.9 Å². The quantitative estimate of drug-likeness (QED) is 0.455. The molecule has 0 unspecified atom stereocenters. The van der Waals surface area contributed by atoms with E-state index in [9.17, 15) is 14.4 Å². The number of benzene rings is 3. The van der Waals surface area contributed by atoms with Crippen LogP contribution in [0.25, 0.3) is 10.9 Å². The number of nitrogens with zero attached hydrogens (tertiary/aromatic N) is 2. The molecule has 0 aliphatic heterocycles. The number of amides is 2. The molecule has 0 fully saturated rings. The molecule has 4 rings (SSSR count). The standard InChI is InChI=1S/C25H22N4O4/c1-2-33-20-13-11-19(12-14-20)28-24(31)17-7-9-18(10-8-17)27-23(30)15-29-16-26-22-6-4-3-5-21(22)25(29)32/h3-14,16H,2,15H2,1H3,(H,27,30)(H,28,31). The zero-order valence-electron chi connectivity index (χ0n) is 17.9. The molecule has 0 saturated heterocycles. The number of hydrogen-bond donors (Lipinski definition) is 2. The molecule has 1 aromatic heterocycles. The summed E-state index contributed by atoms with van der Waals surface area (Å²) in [5.41, 5.74) is 1.90. The summed E-state index contributed by atoms with van der Waals surface area (Å²) in [4.78, 5) is 41.6. The SMILES string of the molecule is CCOc1ccc(NC(=O)c2ccc(NC(=O)Cn3cnc4ccccc4c3=O)cc2)cc1. The molecule has 3 aromatic carbocycles. The van der Waals surface area contributed by atoms with Crippen LogP contribution in [0.4, 0.5) is 11.4 Å². The van der Waals surface area contributed by atoms with Crippen molar-refractivity contribution in [3.8, 4) is 5.75 Å². The van der Waals surface area contributed by atoms with Gasteiger partial charge in [-0.3, -0.25) is 19.0 Å². The van der Waals surface area contributed by atoms with E-state index in [1.54, 1.807) is 72.8 Å². The second-order valence-corrected chi connectivity index (χ2v) is 7.23. The van der Waals surface area contributed by atoms with E-state index in [4.69, 9.17) is 4.74 Å². The topological polar surface area (TPSA) is 102 Å². The number of hydrogen-bond acceptors (Lipinski definition) is 5. The minimum absolute atomic E-state index is 0.170. The van der Waals surface area contributed by atoms with Crippen LogP contribution in [0.15, 0.2) is 83.9 Å². The summed E-state index contributed by atoms with van der Waals surface area (Å²) < 4.78 is 6.65. The van der Waals surface area contributed by atoms with Crippen LogP contribution in [-0.4, -0.2) is 28.0 Å². The van der Waals surface area contributed by atoms with Crippen LogP contribution in [0.1, 0.15) is 17.3 Å². The summed E-state index contributed by atoms with van der Waals surface area (Å²) in [5, 5.41) is 6.00. The summed E-state index contributed by atoms with van der Waals surface area (Å²) in [6, 6.07) is 20.6. The fourth-order valence-electron chi connectivity index (χ4n) is 3.28. The van der Waals surface area contributed by atoms with E-state index in [1.165, 1.54) is 10.9 Å². The second-order valence-electron chi connectivity index (χ2n) is 7.23. The Kier molecular flexibility index (Phi) is 6.45. The Morgan fingerprint density at radius 2 is 1.58 bits per heavy atom. The molecule has 1 heterocycles. The van der Waals surface area contributed by atoms with Gasteiger partial charge in [-0.25, -0.2) is 4.98 Å². The first-order valence-electron chi connectivity index (χ1n) is 10.4. The van der Waals surface area contributed by atoms with Gasteiger partial charge in [0.25, 0.3) is 11.5 Å². The van der Waals surface area contributed by atoms with Gasteiger partial charge in [0.1, 0.15) is 12.3 Å². The molecule has 33 heavy (non-hydrogen) atoms. The summed E-state index contributed by atoms with van der Waals surface area (Å²) >= 11 is 0. The van der Waals surface area contributed by atoms with Crippen molar-refractivity contribution in [1.29, 1.82) is 0 Å². The van der Waals surface area contributed by atoms with Crippen molar-refractivity contribution in [3.05, 3.63) is 95.0 Å². The lowest BCUT2D eigenvalue weighted by atomic mass is 10.2. The van der Waals surface area contributed by atoms with Crippen molar-refractivity contribution in [2.24, 2.45) is 0 Å². The van der Waals surface area contributed by atoms with E-state index in [1.807, 2.05) is 6.92 Å². The number of ether oxygens (including phenoxy) is 1. The Hall–Kier alpha value is -4.46. The molecule has 0 aliphatic rings. The average Bonchev–Trinajstić information content (AvgIpc) is 2.83. The summed E-state index contributed by atoms with van der Waals surface area (Å²) in [6.07, 6.45) is 1.36. The van der Waals surface area contributed by atoms with E-state index in [0.29, 0.717) is 34.4 Å². The van der Waals surface area contributed by atoms with Crippen molar-refractivity contribution in [3.63, 3.8) is 0 Å². The molecular formula is C25H22N4O4. The number of nitrogens with one attached hydrogen (secondary N) is 2.